The van der Waals surface area contributed by atoms with Gasteiger partial charge in [0, 0.05) is 17.7 Å². The molecule has 1 aromatic heterocycles. The Labute approximate surface area is 112 Å². The lowest BCUT2D eigenvalue weighted by molar-refractivity contribution is 0.630. The van der Waals surface area contributed by atoms with Crippen LogP contribution >= 0.6 is 0 Å². The predicted molar refractivity (Wildman–Crippen MR) is 75.7 cm³/mol. The van der Waals surface area contributed by atoms with Crippen molar-refractivity contribution in [2.45, 2.75) is 27.2 Å². The molecular formula is C15H18FN3. The second-order valence-corrected chi connectivity index (χ2v) is 4.42. The molecule has 19 heavy (non-hydrogen) atoms. The molecule has 0 saturated heterocycles. The van der Waals surface area contributed by atoms with Crippen molar-refractivity contribution in [2.75, 3.05) is 11.9 Å². The number of hydrogen-bond acceptors (Lipinski definition) is 3. The molecule has 4 heteroatoms. The van der Waals surface area contributed by atoms with E-state index in [-0.39, 0.29) is 5.82 Å². The Bertz CT molecular complexity index is 582. The maximum Gasteiger partial charge on any atom is 0.133 e. The monoisotopic (exact) mass is 259 g/mol. The summed E-state index contributed by atoms with van der Waals surface area (Å²) < 4.78 is 14.0. The summed E-state index contributed by atoms with van der Waals surface area (Å²) in [5.41, 5.74) is 3.18. The van der Waals surface area contributed by atoms with Gasteiger partial charge in [-0.05, 0) is 32.4 Å². The zero-order chi connectivity index (χ0) is 13.8. The Morgan fingerprint density at radius 2 is 2.00 bits per heavy atom. The smallest absolute Gasteiger partial charge is 0.133 e. The van der Waals surface area contributed by atoms with Gasteiger partial charge in [0.05, 0.1) is 5.69 Å². The van der Waals surface area contributed by atoms with Crippen molar-refractivity contribution in [1.82, 2.24) is 9.97 Å². The van der Waals surface area contributed by atoms with Gasteiger partial charge in [-0.3, -0.25) is 0 Å². The fourth-order valence-electron chi connectivity index (χ4n) is 2.12. The molecule has 1 N–H and O–H groups in total. The molecule has 0 radical (unpaired) electrons. The molecule has 0 fully saturated rings. The highest BCUT2D eigenvalue weighted by molar-refractivity contribution is 5.69. The minimum atomic E-state index is -0.249. The molecule has 0 bridgehead atoms. The maximum atomic E-state index is 14.0. The van der Waals surface area contributed by atoms with E-state index in [9.17, 15) is 4.39 Å². The average Bonchev–Trinajstić information content (AvgIpc) is 2.41. The third kappa shape index (κ3) is 2.72. The quantitative estimate of drug-likeness (QED) is 0.911. The van der Waals surface area contributed by atoms with E-state index in [1.807, 2.05) is 26.8 Å². The minimum absolute atomic E-state index is 0.249. The van der Waals surface area contributed by atoms with Crippen molar-refractivity contribution in [2.24, 2.45) is 0 Å². The van der Waals surface area contributed by atoms with E-state index in [4.69, 9.17) is 0 Å². The SMILES string of the molecule is CCNc1ncnc(-c2cc(C)ccc2F)c1CC. The van der Waals surface area contributed by atoms with Gasteiger partial charge in [-0.25, -0.2) is 14.4 Å². The first kappa shape index (κ1) is 13.5. The third-order valence-electron chi connectivity index (χ3n) is 3.02. The van der Waals surface area contributed by atoms with Gasteiger partial charge in [0.1, 0.15) is 18.0 Å². The number of aromatic nitrogens is 2. The van der Waals surface area contributed by atoms with Crippen LogP contribution < -0.4 is 5.32 Å². The first-order valence-corrected chi connectivity index (χ1v) is 6.51. The van der Waals surface area contributed by atoms with Gasteiger partial charge in [-0.2, -0.15) is 0 Å². The van der Waals surface area contributed by atoms with Gasteiger partial charge in [-0.15, -0.1) is 0 Å². The zero-order valence-corrected chi connectivity index (χ0v) is 11.5. The van der Waals surface area contributed by atoms with Crippen molar-refractivity contribution in [1.29, 1.82) is 0 Å². The Morgan fingerprint density at radius 1 is 1.21 bits per heavy atom. The lowest BCUT2D eigenvalue weighted by Gasteiger charge is -2.13. The first-order valence-electron chi connectivity index (χ1n) is 6.51. The van der Waals surface area contributed by atoms with Gasteiger partial charge in [0.15, 0.2) is 0 Å². The largest absolute Gasteiger partial charge is 0.370 e. The summed E-state index contributed by atoms with van der Waals surface area (Å²) in [5.74, 6) is 0.539. The van der Waals surface area contributed by atoms with Crippen molar-refractivity contribution < 1.29 is 4.39 Å². The second kappa shape index (κ2) is 5.78. The molecule has 3 nitrogen and oxygen atoms in total. The molecule has 100 valence electrons. The molecule has 0 aliphatic heterocycles. The Morgan fingerprint density at radius 3 is 2.68 bits per heavy atom. The maximum absolute atomic E-state index is 14.0. The summed E-state index contributed by atoms with van der Waals surface area (Å²) in [4.78, 5) is 8.51. The third-order valence-corrected chi connectivity index (χ3v) is 3.02. The van der Waals surface area contributed by atoms with Crippen molar-refractivity contribution in [3.63, 3.8) is 0 Å². The molecule has 0 saturated carbocycles. The van der Waals surface area contributed by atoms with Crippen LogP contribution in [0.5, 0.6) is 0 Å². The van der Waals surface area contributed by atoms with Gasteiger partial charge in [0.2, 0.25) is 0 Å². The van der Waals surface area contributed by atoms with Gasteiger partial charge in [-0.1, -0.05) is 18.6 Å². The number of anilines is 1. The number of nitrogens with zero attached hydrogens (tertiary/aromatic N) is 2. The van der Waals surface area contributed by atoms with E-state index in [2.05, 4.69) is 15.3 Å². The van der Waals surface area contributed by atoms with Gasteiger partial charge in [0.25, 0.3) is 0 Å². The van der Waals surface area contributed by atoms with Crippen LogP contribution in [0.4, 0.5) is 10.2 Å². The van der Waals surface area contributed by atoms with Gasteiger partial charge < -0.3 is 5.32 Å². The standard InChI is InChI=1S/C15H18FN3/c1-4-11-14(18-9-19-15(11)17-5-2)12-8-10(3)6-7-13(12)16/h6-9H,4-5H2,1-3H3,(H,17,18,19). The highest BCUT2D eigenvalue weighted by atomic mass is 19.1. The summed E-state index contributed by atoms with van der Waals surface area (Å²) in [7, 11) is 0. The molecule has 1 heterocycles. The number of rotatable bonds is 4. The van der Waals surface area contributed by atoms with Crippen LogP contribution in [0.3, 0.4) is 0 Å². The van der Waals surface area contributed by atoms with E-state index >= 15 is 0 Å². The molecule has 1 aromatic carbocycles. The van der Waals surface area contributed by atoms with Crippen LogP contribution in [0.15, 0.2) is 24.5 Å². The molecular weight excluding hydrogens is 241 g/mol. The molecule has 0 amide bonds. The highest BCUT2D eigenvalue weighted by Crippen LogP contribution is 2.28. The molecule has 0 spiro atoms. The fraction of sp³-hybridized carbons (Fsp3) is 0.333. The van der Waals surface area contributed by atoms with Crippen LogP contribution in [-0.4, -0.2) is 16.5 Å². The second-order valence-electron chi connectivity index (χ2n) is 4.42. The van der Waals surface area contributed by atoms with E-state index in [0.717, 1.165) is 29.9 Å². The van der Waals surface area contributed by atoms with Crippen LogP contribution in [-0.2, 0) is 6.42 Å². The Balaban J connectivity index is 2.61. The Hall–Kier alpha value is -1.97. The minimum Gasteiger partial charge on any atom is -0.370 e. The molecule has 2 rings (SSSR count). The number of benzene rings is 1. The highest BCUT2D eigenvalue weighted by Gasteiger charge is 2.14. The summed E-state index contributed by atoms with van der Waals surface area (Å²) in [6.07, 6.45) is 2.24. The molecule has 0 unspecified atom stereocenters. The van der Waals surface area contributed by atoms with E-state index in [0.29, 0.717) is 11.3 Å². The molecule has 0 aliphatic rings. The van der Waals surface area contributed by atoms with E-state index in [1.165, 1.54) is 12.4 Å². The number of nitrogens with one attached hydrogen (secondary N) is 1. The fourth-order valence-corrected chi connectivity index (χ4v) is 2.12. The lowest BCUT2D eigenvalue weighted by Crippen LogP contribution is -2.06. The summed E-state index contributed by atoms with van der Waals surface area (Å²) >= 11 is 0. The number of hydrogen-bond donors (Lipinski definition) is 1. The topological polar surface area (TPSA) is 37.8 Å². The van der Waals surface area contributed by atoms with Crippen molar-refractivity contribution in [3.8, 4) is 11.3 Å². The van der Waals surface area contributed by atoms with E-state index < -0.39 is 0 Å². The van der Waals surface area contributed by atoms with Crippen molar-refractivity contribution >= 4 is 5.82 Å². The van der Waals surface area contributed by atoms with Crippen LogP contribution in [0, 0.1) is 12.7 Å². The zero-order valence-electron chi connectivity index (χ0n) is 11.5. The van der Waals surface area contributed by atoms with E-state index in [1.54, 1.807) is 6.07 Å². The van der Waals surface area contributed by atoms with Crippen LogP contribution in [0.25, 0.3) is 11.3 Å². The van der Waals surface area contributed by atoms with Crippen LogP contribution in [0.2, 0.25) is 0 Å². The summed E-state index contributed by atoms with van der Waals surface area (Å²) in [6.45, 7) is 6.76. The Kier molecular flexibility index (Phi) is 4.10. The predicted octanol–water partition coefficient (Wildman–Crippen LogP) is 3.59. The average molecular weight is 259 g/mol. The number of aryl methyl sites for hydroxylation is 1. The van der Waals surface area contributed by atoms with Gasteiger partial charge >= 0.3 is 0 Å². The molecule has 0 aliphatic carbocycles. The lowest BCUT2D eigenvalue weighted by atomic mass is 10.0. The molecule has 0 atom stereocenters. The van der Waals surface area contributed by atoms with Crippen LogP contribution in [0.1, 0.15) is 25.0 Å². The normalized spacial score (nSPS) is 10.5. The molecule has 2 aromatic rings. The summed E-state index contributed by atoms with van der Waals surface area (Å²) in [5, 5.41) is 3.20. The summed E-state index contributed by atoms with van der Waals surface area (Å²) in [6, 6.07) is 5.07. The number of halogens is 1. The first-order chi connectivity index (χ1) is 9.17. The van der Waals surface area contributed by atoms with Crippen molar-refractivity contribution in [3.05, 3.63) is 41.5 Å².